The van der Waals surface area contributed by atoms with E-state index in [0.29, 0.717) is 30.7 Å². The summed E-state index contributed by atoms with van der Waals surface area (Å²) in [5.74, 6) is -0.746. The molecule has 0 unspecified atom stereocenters. The number of ether oxygens (including phenoxy) is 2. The fourth-order valence-corrected chi connectivity index (χ4v) is 3.92. The molecule has 0 aliphatic rings. The van der Waals surface area contributed by atoms with Gasteiger partial charge in [0.1, 0.15) is 12.3 Å². The first-order valence-corrected chi connectivity index (χ1v) is 11.1. The molecule has 0 saturated heterocycles. The molecule has 2 aromatic heterocycles. The van der Waals surface area contributed by atoms with E-state index >= 15 is 0 Å². The predicted octanol–water partition coefficient (Wildman–Crippen LogP) is 4.61. The first kappa shape index (κ1) is 24.0. The Balaban J connectivity index is 1.85. The number of esters is 2. The smallest absolute Gasteiger partial charge is 0.355 e. The zero-order valence-electron chi connectivity index (χ0n) is 19.5. The number of ketones is 1. The number of H-pyrrole nitrogens is 2. The van der Waals surface area contributed by atoms with Crippen molar-refractivity contribution in [2.24, 2.45) is 0 Å². The minimum absolute atomic E-state index is 0.00891. The minimum Gasteiger partial charge on any atom is -0.466 e. The molecular formula is C26H30N2O5. The van der Waals surface area contributed by atoms with Crippen LogP contribution in [0.5, 0.6) is 0 Å². The van der Waals surface area contributed by atoms with Crippen LogP contribution >= 0.6 is 0 Å². The molecule has 2 heterocycles. The lowest BCUT2D eigenvalue weighted by Crippen LogP contribution is -2.08. The van der Waals surface area contributed by atoms with Crippen molar-refractivity contribution >= 4 is 17.7 Å². The number of aromatic nitrogens is 2. The number of carbonyl (C=O) groups is 3. The molecule has 0 saturated carbocycles. The van der Waals surface area contributed by atoms with E-state index in [-0.39, 0.29) is 24.8 Å². The summed E-state index contributed by atoms with van der Waals surface area (Å²) in [6.45, 7) is 7.50. The van der Waals surface area contributed by atoms with Crippen LogP contribution in [0.1, 0.15) is 74.9 Å². The highest BCUT2D eigenvalue weighted by atomic mass is 16.5. The maximum atomic E-state index is 12.8. The molecule has 174 valence electrons. The number of nitrogens with one attached hydrogen (secondary N) is 2. The number of aromatic amines is 2. The van der Waals surface area contributed by atoms with E-state index in [2.05, 4.69) is 9.97 Å². The fraction of sp³-hybridized carbons (Fsp3) is 0.346. The van der Waals surface area contributed by atoms with E-state index in [1.54, 1.807) is 6.92 Å². The van der Waals surface area contributed by atoms with Crippen molar-refractivity contribution in [3.05, 3.63) is 81.4 Å². The zero-order chi connectivity index (χ0) is 24.0. The monoisotopic (exact) mass is 450 g/mol. The van der Waals surface area contributed by atoms with Gasteiger partial charge in [-0.1, -0.05) is 30.3 Å². The average Bonchev–Trinajstić information content (AvgIpc) is 3.31. The molecule has 2 N–H and O–H groups in total. The molecule has 7 heteroatoms. The molecule has 0 aliphatic heterocycles. The van der Waals surface area contributed by atoms with Gasteiger partial charge in [-0.15, -0.1) is 0 Å². The van der Waals surface area contributed by atoms with Gasteiger partial charge >= 0.3 is 11.9 Å². The zero-order valence-corrected chi connectivity index (χ0v) is 19.5. The van der Waals surface area contributed by atoms with Crippen LogP contribution in [0.3, 0.4) is 0 Å². The molecule has 0 radical (unpaired) electrons. The number of carbonyl (C=O) groups excluding carboxylic acids is 3. The van der Waals surface area contributed by atoms with Crippen molar-refractivity contribution in [3.8, 4) is 0 Å². The highest BCUT2D eigenvalue weighted by Gasteiger charge is 2.22. The van der Waals surface area contributed by atoms with Crippen molar-refractivity contribution < 1.29 is 23.9 Å². The molecule has 3 rings (SSSR count). The van der Waals surface area contributed by atoms with Crippen LogP contribution in [0.15, 0.2) is 36.4 Å². The Hall–Kier alpha value is -3.61. The van der Waals surface area contributed by atoms with Gasteiger partial charge in [-0.3, -0.25) is 9.59 Å². The van der Waals surface area contributed by atoms with E-state index in [4.69, 9.17) is 9.47 Å². The maximum Gasteiger partial charge on any atom is 0.355 e. The number of hydrogen-bond acceptors (Lipinski definition) is 5. The minimum atomic E-state index is -0.452. The van der Waals surface area contributed by atoms with E-state index in [1.807, 2.05) is 50.2 Å². The summed E-state index contributed by atoms with van der Waals surface area (Å²) in [5, 5.41) is 0. The van der Waals surface area contributed by atoms with Gasteiger partial charge in [0.2, 0.25) is 0 Å². The number of benzene rings is 1. The van der Waals surface area contributed by atoms with Gasteiger partial charge in [-0.2, -0.15) is 0 Å². The summed E-state index contributed by atoms with van der Waals surface area (Å²) >= 11 is 0. The van der Waals surface area contributed by atoms with Gasteiger partial charge in [0.05, 0.1) is 6.61 Å². The number of Topliss-reactive ketones (excluding diaryl/α,β-unsaturated/α-hetero) is 1. The van der Waals surface area contributed by atoms with E-state index in [0.717, 1.165) is 33.8 Å². The Kier molecular flexibility index (Phi) is 7.87. The Morgan fingerprint density at radius 1 is 1.00 bits per heavy atom. The normalized spacial score (nSPS) is 10.8. The molecule has 1 aromatic carbocycles. The van der Waals surface area contributed by atoms with Crippen LogP contribution in [0, 0.1) is 13.8 Å². The van der Waals surface area contributed by atoms with Gasteiger partial charge in [0, 0.05) is 35.5 Å². The summed E-state index contributed by atoms with van der Waals surface area (Å²) in [6, 6.07) is 11.3. The van der Waals surface area contributed by atoms with Gasteiger partial charge in [-0.25, -0.2) is 4.79 Å². The predicted molar refractivity (Wildman–Crippen MR) is 124 cm³/mol. The van der Waals surface area contributed by atoms with Crippen molar-refractivity contribution in [3.63, 3.8) is 0 Å². The molecular weight excluding hydrogens is 420 g/mol. The Bertz CT molecular complexity index is 1140. The van der Waals surface area contributed by atoms with E-state index in [1.165, 1.54) is 6.92 Å². The number of hydrogen-bond donors (Lipinski definition) is 2. The van der Waals surface area contributed by atoms with Crippen molar-refractivity contribution in [2.45, 2.75) is 53.6 Å². The van der Waals surface area contributed by atoms with Crippen LogP contribution < -0.4 is 0 Å². The van der Waals surface area contributed by atoms with E-state index in [9.17, 15) is 14.4 Å². The highest BCUT2D eigenvalue weighted by molar-refractivity contribution is 5.95. The molecule has 0 fully saturated rings. The third-order valence-electron chi connectivity index (χ3n) is 5.59. The summed E-state index contributed by atoms with van der Waals surface area (Å²) in [5.41, 5.74) is 6.00. The molecule has 3 aromatic rings. The summed E-state index contributed by atoms with van der Waals surface area (Å²) in [6.07, 6.45) is 1.10. The Labute approximate surface area is 193 Å². The van der Waals surface area contributed by atoms with E-state index < -0.39 is 5.97 Å². The lowest BCUT2D eigenvalue weighted by Gasteiger charge is -2.06. The van der Waals surface area contributed by atoms with Gasteiger partial charge < -0.3 is 19.4 Å². The maximum absolute atomic E-state index is 12.8. The van der Waals surface area contributed by atoms with Crippen LogP contribution in [0.25, 0.3) is 0 Å². The highest BCUT2D eigenvalue weighted by Crippen LogP contribution is 2.25. The number of aryl methyl sites for hydroxylation is 1. The summed E-state index contributed by atoms with van der Waals surface area (Å²) in [7, 11) is 0. The third kappa shape index (κ3) is 6.00. The second-order valence-corrected chi connectivity index (χ2v) is 8.02. The van der Waals surface area contributed by atoms with Crippen molar-refractivity contribution in [1.82, 2.24) is 9.97 Å². The quantitative estimate of drug-likeness (QED) is 0.347. The first-order valence-electron chi connectivity index (χ1n) is 11.1. The molecule has 7 nitrogen and oxygen atoms in total. The molecule has 33 heavy (non-hydrogen) atoms. The van der Waals surface area contributed by atoms with Crippen LogP contribution in [-0.4, -0.2) is 34.3 Å². The fourth-order valence-electron chi connectivity index (χ4n) is 3.92. The topological polar surface area (TPSA) is 101 Å². The molecule has 0 spiro atoms. The standard InChI is InChI=1S/C26H30N2O5/c1-5-32-24(30)12-11-21-16(2)25(26(31)33-15-19-9-7-6-8-10-19)28-23(21)14-20-13-22(18(4)29)17(3)27-20/h6-10,13,27-28H,5,11-12,14-15H2,1-4H3. The van der Waals surface area contributed by atoms with Gasteiger partial charge in [-0.05, 0) is 56.9 Å². The molecule has 0 bridgehead atoms. The van der Waals surface area contributed by atoms with Gasteiger partial charge in [0.25, 0.3) is 0 Å². The lowest BCUT2D eigenvalue weighted by atomic mass is 10.0. The Morgan fingerprint density at radius 2 is 1.73 bits per heavy atom. The second kappa shape index (κ2) is 10.8. The average molecular weight is 451 g/mol. The van der Waals surface area contributed by atoms with Crippen LogP contribution in [0.2, 0.25) is 0 Å². The SMILES string of the molecule is CCOC(=O)CCc1c(Cc2cc(C(C)=O)c(C)[nH]2)[nH]c(C(=O)OCc2ccccc2)c1C. The first-order chi connectivity index (χ1) is 15.8. The molecule has 0 aliphatic carbocycles. The Morgan fingerprint density at radius 3 is 2.36 bits per heavy atom. The van der Waals surface area contributed by atoms with Crippen molar-refractivity contribution in [1.29, 1.82) is 0 Å². The van der Waals surface area contributed by atoms with Crippen LogP contribution in [-0.2, 0) is 33.7 Å². The summed E-state index contributed by atoms with van der Waals surface area (Å²) in [4.78, 5) is 43.1. The van der Waals surface area contributed by atoms with Crippen molar-refractivity contribution in [2.75, 3.05) is 6.61 Å². The second-order valence-electron chi connectivity index (χ2n) is 8.02. The lowest BCUT2D eigenvalue weighted by molar-refractivity contribution is -0.143. The third-order valence-corrected chi connectivity index (χ3v) is 5.59. The molecule has 0 amide bonds. The molecule has 0 atom stereocenters. The number of rotatable bonds is 10. The summed E-state index contributed by atoms with van der Waals surface area (Å²) < 4.78 is 10.6. The largest absolute Gasteiger partial charge is 0.466 e. The van der Waals surface area contributed by atoms with Gasteiger partial charge in [0.15, 0.2) is 5.78 Å². The van der Waals surface area contributed by atoms with Crippen LogP contribution in [0.4, 0.5) is 0 Å².